The number of carbonyl (C=O) groups is 1. The highest BCUT2D eigenvalue weighted by molar-refractivity contribution is 14.1. The second kappa shape index (κ2) is 12.5. The predicted molar refractivity (Wildman–Crippen MR) is 154 cm³/mol. The molecule has 0 spiro atoms. The number of thioether (sulfide) groups is 1. The van der Waals surface area contributed by atoms with Crippen LogP contribution in [0.15, 0.2) is 76.8 Å². The SMILES string of the molecule is CCn1c(S/C(=C\c2cc(I)c(OCc3ccccc3)c(OC)c2)C(=O)O)nnc1-c1ccc(Cl)cc1. The highest BCUT2D eigenvalue weighted by Gasteiger charge is 2.19. The number of aliphatic carboxylic acids is 1. The molecule has 4 aromatic rings. The van der Waals surface area contributed by atoms with Crippen molar-refractivity contribution < 1.29 is 19.4 Å². The molecule has 3 aromatic carbocycles. The number of hydrogen-bond donors (Lipinski definition) is 1. The van der Waals surface area contributed by atoms with E-state index in [9.17, 15) is 9.90 Å². The molecule has 10 heteroatoms. The number of aromatic nitrogens is 3. The fourth-order valence-electron chi connectivity index (χ4n) is 3.54. The summed E-state index contributed by atoms with van der Waals surface area (Å²) >= 11 is 9.22. The molecule has 0 aliphatic rings. The molecule has 0 fully saturated rings. The van der Waals surface area contributed by atoms with Crippen LogP contribution in [0.5, 0.6) is 11.5 Å². The molecule has 7 nitrogen and oxygen atoms in total. The van der Waals surface area contributed by atoms with Gasteiger partial charge in [0.1, 0.15) is 11.5 Å². The first-order valence-corrected chi connectivity index (χ1v) is 13.5. The molecule has 0 radical (unpaired) electrons. The molecule has 1 aromatic heterocycles. The van der Waals surface area contributed by atoms with E-state index in [1.54, 1.807) is 31.4 Å². The molecular formula is C27H23ClIN3O4S. The lowest BCUT2D eigenvalue weighted by Crippen LogP contribution is -2.03. The summed E-state index contributed by atoms with van der Waals surface area (Å²) in [6, 6.07) is 20.7. The van der Waals surface area contributed by atoms with Crippen LogP contribution >= 0.6 is 46.0 Å². The van der Waals surface area contributed by atoms with E-state index in [1.807, 2.05) is 60.0 Å². The first-order chi connectivity index (χ1) is 17.9. The van der Waals surface area contributed by atoms with E-state index in [4.69, 9.17) is 21.1 Å². The number of halogens is 2. The van der Waals surface area contributed by atoms with E-state index in [2.05, 4.69) is 32.8 Å². The van der Waals surface area contributed by atoms with Gasteiger partial charge in [0.05, 0.1) is 10.7 Å². The van der Waals surface area contributed by atoms with Gasteiger partial charge in [0.25, 0.3) is 0 Å². The van der Waals surface area contributed by atoms with Crippen molar-refractivity contribution in [3.05, 3.63) is 91.4 Å². The first kappa shape index (κ1) is 27.0. The van der Waals surface area contributed by atoms with E-state index < -0.39 is 5.97 Å². The second-order valence-electron chi connectivity index (χ2n) is 7.78. The van der Waals surface area contributed by atoms with Gasteiger partial charge in [-0.25, -0.2) is 4.79 Å². The van der Waals surface area contributed by atoms with Crippen LogP contribution in [0.1, 0.15) is 18.1 Å². The molecule has 0 bridgehead atoms. The molecule has 4 rings (SSSR count). The van der Waals surface area contributed by atoms with Gasteiger partial charge in [-0.05, 0) is 94.9 Å². The Labute approximate surface area is 237 Å². The molecular weight excluding hydrogens is 625 g/mol. The Morgan fingerprint density at radius 3 is 2.51 bits per heavy atom. The number of carboxylic acids is 1. The third kappa shape index (κ3) is 6.65. The molecule has 37 heavy (non-hydrogen) atoms. The van der Waals surface area contributed by atoms with Crippen LogP contribution in [0.4, 0.5) is 0 Å². The molecule has 0 saturated carbocycles. The van der Waals surface area contributed by atoms with Crippen LogP contribution in [0.25, 0.3) is 17.5 Å². The second-order valence-corrected chi connectivity index (χ2v) is 10.4. The van der Waals surface area contributed by atoms with Crippen molar-refractivity contribution in [2.45, 2.75) is 25.2 Å². The van der Waals surface area contributed by atoms with E-state index in [0.717, 1.165) is 26.5 Å². The molecule has 0 amide bonds. The number of hydrogen-bond acceptors (Lipinski definition) is 6. The van der Waals surface area contributed by atoms with Gasteiger partial charge in [-0.1, -0.05) is 41.9 Å². The minimum Gasteiger partial charge on any atom is -0.493 e. The van der Waals surface area contributed by atoms with Crippen molar-refractivity contribution in [3.63, 3.8) is 0 Å². The Kier molecular flexibility index (Phi) is 9.12. The molecule has 0 aliphatic carbocycles. The van der Waals surface area contributed by atoms with Gasteiger partial charge in [-0.3, -0.25) is 0 Å². The molecule has 0 atom stereocenters. The lowest BCUT2D eigenvalue weighted by molar-refractivity contribution is -0.131. The average Bonchev–Trinajstić information content (AvgIpc) is 3.30. The lowest BCUT2D eigenvalue weighted by atomic mass is 10.2. The summed E-state index contributed by atoms with van der Waals surface area (Å²) in [6.07, 6.45) is 1.59. The van der Waals surface area contributed by atoms with Crippen LogP contribution < -0.4 is 9.47 Å². The Bertz CT molecular complexity index is 1430. The topological polar surface area (TPSA) is 86.5 Å². The van der Waals surface area contributed by atoms with Gasteiger partial charge < -0.3 is 19.1 Å². The monoisotopic (exact) mass is 647 g/mol. The summed E-state index contributed by atoms with van der Waals surface area (Å²) in [4.78, 5) is 12.3. The number of rotatable bonds is 10. The van der Waals surface area contributed by atoms with Crippen LogP contribution in [0.3, 0.4) is 0 Å². The van der Waals surface area contributed by atoms with Crippen molar-refractivity contribution >= 4 is 58.0 Å². The number of nitrogens with zero attached hydrogens (tertiary/aromatic N) is 3. The Balaban J connectivity index is 1.61. The summed E-state index contributed by atoms with van der Waals surface area (Å²) < 4.78 is 14.3. The third-order valence-corrected chi connectivity index (χ3v) is 7.37. The zero-order valence-electron chi connectivity index (χ0n) is 20.0. The smallest absolute Gasteiger partial charge is 0.342 e. The van der Waals surface area contributed by atoms with Gasteiger partial charge in [0.15, 0.2) is 22.5 Å². The van der Waals surface area contributed by atoms with E-state index in [0.29, 0.717) is 46.2 Å². The molecule has 0 unspecified atom stereocenters. The molecule has 1 N–H and O–H groups in total. The normalized spacial score (nSPS) is 11.4. The summed E-state index contributed by atoms with van der Waals surface area (Å²) in [7, 11) is 1.56. The third-order valence-electron chi connectivity index (χ3n) is 5.32. The highest BCUT2D eigenvalue weighted by atomic mass is 127. The Hall–Kier alpha value is -3.02. The molecule has 0 saturated heterocycles. The number of ether oxygens (including phenoxy) is 2. The van der Waals surface area contributed by atoms with Crippen LogP contribution in [-0.4, -0.2) is 33.0 Å². The quantitative estimate of drug-likeness (QED) is 0.112. The van der Waals surface area contributed by atoms with Gasteiger partial charge in [0.2, 0.25) is 0 Å². The van der Waals surface area contributed by atoms with Crippen molar-refractivity contribution in [1.82, 2.24) is 14.8 Å². The number of carboxylic acid groups (broad SMARTS) is 1. The van der Waals surface area contributed by atoms with E-state index in [1.165, 1.54) is 0 Å². The molecule has 1 heterocycles. The average molecular weight is 648 g/mol. The van der Waals surface area contributed by atoms with Crippen LogP contribution in [-0.2, 0) is 17.9 Å². The minimum atomic E-state index is -1.07. The van der Waals surface area contributed by atoms with Crippen molar-refractivity contribution in [1.29, 1.82) is 0 Å². The fraction of sp³-hybridized carbons (Fsp3) is 0.148. The van der Waals surface area contributed by atoms with Gasteiger partial charge >= 0.3 is 5.97 Å². The molecule has 0 aliphatic heterocycles. The summed E-state index contributed by atoms with van der Waals surface area (Å²) in [5.41, 5.74) is 2.54. The zero-order valence-corrected chi connectivity index (χ0v) is 23.8. The standard InChI is InChI=1S/C27H23ClIN3O4S/c1-3-32-25(19-9-11-20(28)12-10-19)30-31-27(32)37-23(26(33)34)15-18-13-21(29)24(22(14-18)35-2)36-16-17-7-5-4-6-8-17/h4-15H,3,16H2,1-2H3,(H,33,34)/b23-15-. The summed E-state index contributed by atoms with van der Waals surface area (Å²) in [5, 5.41) is 19.6. The maximum atomic E-state index is 12.2. The van der Waals surface area contributed by atoms with E-state index >= 15 is 0 Å². The fourth-order valence-corrected chi connectivity index (χ4v) is 5.33. The van der Waals surface area contributed by atoms with Gasteiger partial charge in [0, 0.05) is 17.1 Å². The van der Waals surface area contributed by atoms with Crippen molar-refractivity contribution in [2.75, 3.05) is 7.11 Å². The van der Waals surface area contributed by atoms with Crippen LogP contribution in [0, 0.1) is 3.57 Å². The maximum Gasteiger partial charge on any atom is 0.342 e. The largest absolute Gasteiger partial charge is 0.493 e. The Morgan fingerprint density at radius 1 is 1.14 bits per heavy atom. The summed E-state index contributed by atoms with van der Waals surface area (Å²) in [5.74, 6) is 0.696. The molecule has 190 valence electrons. The lowest BCUT2D eigenvalue weighted by Gasteiger charge is -2.14. The minimum absolute atomic E-state index is 0.0977. The Morgan fingerprint density at radius 2 is 1.86 bits per heavy atom. The van der Waals surface area contributed by atoms with E-state index in [-0.39, 0.29) is 4.91 Å². The van der Waals surface area contributed by atoms with Gasteiger partial charge in [-0.2, -0.15) is 0 Å². The number of benzene rings is 3. The predicted octanol–water partition coefficient (Wildman–Crippen LogP) is 7.03. The zero-order chi connectivity index (χ0) is 26.4. The summed E-state index contributed by atoms with van der Waals surface area (Å²) in [6.45, 7) is 2.92. The van der Waals surface area contributed by atoms with Crippen molar-refractivity contribution in [2.24, 2.45) is 0 Å². The maximum absolute atomic E-state index is 12.2. The first-order valence-electron chi connectivity index (χ1n) is 11.3. The number of methoxy groups -OCH3 is 1. The van der Waals surface area contributed by atoms with Crippen molar-refractivity contribution in [3.8, 4) is 22.9 Å². The van der Waals surface area contributed by atoms with Gasteiger partial charge in [-0.15, -0.1) is 10.2 Å². The highest BCUT2D eigenvalue weighted by Crippen LogP contribution is 2.37. The van der Waals surface area contributed by atoms with Crippen LogP contribution in [0.2, 0.25) is 5.02 Å².